The fraction of sp³-hybridized carbons (Fsp3) is 0.500. The van der Waals surface area contributed by atoms with Crippen LogP contribution in [0.4, 0.5) is 0 Å². The summed E-state index contributed by atoms with van der Waals surface area (Å²) in [5.41, 5.74) is 3.37. The van der Waals surface area contributed by atoms with Gasteiger partial charge in [0.15, 0.2) is 0 Å². The number of allylic oxidation sites excluding steroid dienone is 1. The highest BCUT2D eigenvalue weighted by Gasteiger charge is 2.53. The van der Waals surface area contributed by atoms with Crippen LogP contribution < -0.4 is 5.32 Å². The summed E-state index contributed by atoms with van der Waals surface area (Å²) in [7, 11) is 0. The second kappa shape index (κ2) is 8.15. The molecule has 1 heterocycles. The van der Waals surface area contributed by atoms with Crippen molar-refractivity contribution in [2.75, 3.05) is 6.54 Å². The van der Waals surface area contributed by atoms with Crippen molar-refractivity contribution < 1.29 is 19.4 Å². The Hall–Kier alpha value is -2.40. The van der Waals surface area contributed by atoms with E-state index >= 15 is 0 Å². The summed E-state index contributed by atoms with van der Waals surface area (Å²) in [5, 5.41) is 12.8. The fourth-order valence-electron chi connectivity index (χ4n) is 5.45. The monoisotopic (exact) mass is 395 g/mol. The fourth-order valence-corrected chi connectivity index (χ4v) is 5.45. The third-order valence-corrected chi connectivity index (χ3v) is 7.02. The Labute approximate surface area is 171 Å². The molecule has 29 heavy (non-hydrogen) atoms. The van der Waals surface area contributed by atoms with Crippen LogP contribution >= 0.6 is 0 Å². The molecule has 3 aliphatic rings. The van der Waals surface area contributed by atoms with E-state index in [4.69, 9.17) is 4.74 Å². The van der Waals surface area contributed by atoms with Gasteiger partial charge in [0.25, 0.3) is 0 Å². The first kappa shape index (κ1) is 19.9. The van der Waals surface area contributed by atoms with E-state index in [-0.39, 0.29) is 29.8 Å². The van der Waals surface area contributed by atoms with Crippen molar-refractivity contribution >= 4 is 11.9 Å². The van der Waals surface area contributed by atoms with Crippen LogP contribution in [-0.4, -0.2) is 35.7 Å². The third-order valence-electron chi connectivity index (χ3n) is 7.02. The average Bonchev–Trinajstić information content (AvgIpc) is 3.19. The van der Waals surface area contributed by atoms with Crippen molar-refractivity contribution in [3.63, 3.8) is 0 Å². The molecule has 0 amide bonds. The van der Waals surface area contributed by atoms with Crippen LogP contribution in [0.1, 0.15) is 31.2 Å². The Morgan fingerprint density at radius 3 is 2.62 bits per heavy atom. The molecule has 154 valence electrons. The summed E-state index contributed by atoms with van der Waals surface area (Å²) < 4.78 is 5.87. The maximum atomic E-state index is 12.7. The summed E-state index contributed by atoms with van der Waals surface area (Å²) in [6.07, 6.45) is 4.00. The van der Waals surface area contributed by atoms with Crippen LogP contribution in [0.15, 0.2) is 54.6 Å². The van der Waals surface area contributed by atoms with Crippen LogP contribution in [-0.2, 0) is 20.7 Å². The SMILES string of the molecule is C=C1CC[C@H]2C(=C)CC[C@@H]3[C@H](OC(=O)[C@H]3CN[C@@H](Cc3ccccc3)C(=O)O)[C@@H]12. The first-order valence-corrected chi connectivity index (χ1v) is 10.5. The van der Waals surface area contributed by atoms with Gasteiger partial charge in [0.05, 0.1) is 5.92 Å². The van der Waals surface area contributed by atoms with E-state index in [2.05, 4.69) is 18.5 Å². The summed E-state index contributed by atoms with van der Waals surface area (Å²) >= 11 is 0. The Balaban J connectivity index is 1.47. The second-order valence-corrected chi connectivity index (χ2v) is 8.69. The molecule has 2 N–H and O–H groups in total. The Kier molecular flexibility index (Phi) is 5.59. The number of fused-ring (bicyclic) bond motifs is 3. The normalized spacial score (nSPS) is 32.3. The van der Waals surface area contributed by atoms with Gasteiger partial charge in [-0.05, 0) is 43.6 Å². The molecule has 0 bridgehead atoms. The van der Waals surface area contributed by atoms with Crippen LogP contribution in [0.5, 0.6) is 0 Å². The predicted octanol–water partition coefficient (Wildman–Crippen LogP) is 3.36. The molecular weight excluding hydrogens is 366 g/mol. The summed E-state index contributed by atoms with van der Waals surface area (Å²) in [6.45, 7) is 8.86. The van der Waals surface area contributed by atoms with Gasteiger partial charge in [-0.2, -0.15) is 0 Å². The zero-order chi connectivity index (χ0) is 20.5. The molecule has 4 rings (SSSR count). The largest absolute Gasteiger partial charge is 0.480 e. The van der Waals surface area contributed by atoms with E-state index in [0.29, 0.717) is 18.9 Å². The number of carbonyl (C=O) groups excluding carboxylic acids is 1. The molecule has 0 spiro atoms. The van der Waals surface area contributed by atoms with E-state index < -0.39 is 12.0 Å². The van der Waals surface area contributed by atoms with E-state index in [1.807, 2.05) is 30.3 Å². The standard InChI is InChI=1S/C24H29NO4/c1-14-8-11-18-19(24(28)29-22(18)21-15(2)9-10-17(14)21)13-25-20(23(26)27)12-16-6-4-3-5-7-16/h3-7,17-22,25H,1-2,8-13H2,(H,26,27)/t17-,18-,19-,20-,21-,22-/m0/s1. The van der Waals surface area contributed by atoms with Crippen molar-refractivity contribution in [2.24, 2.45) is 23.7 Å². The molecule has 2 aliphatic carbocycles. The van der Waals surface area contributed by atoms with Gasteiger partial charge in [-0.1, -0.05) is 54.6 Å². The number of carbonyl (C=O) groups is 2. The summed E-state index contributed by atoms with van der Waals surface area (Å²) in [4.78, 5) is 24.5. The number of benzene rings is 1. The first-order chi connectivity index (χ1) is 14.0. The van der Waals surface area contributed by atoms with E-state index in [0.717, 1.165) is 31.2 Å². The third kappa shape index (κ3) is 3.88. The zero-order valence-corrected chi connectivity index (χ0v) is 16.7. The van der Waals surface area contributed by atoms with Gasteiger partial charge in [-0.3, -0.25) is 9.59 Å². The van der Waals surface area contributed by atoms with Crippen molar-refractivity contribution in [3.8, 4) is 0 Å². The Morgan fingerprint density at radius 1 is 1.17 bits per heavy atom. The molecule has 1 aromatic rings. The minimum atomic E-state index is -0.907. The van der Waals surface area contributed by atoms with Crippen molar-refractivity contribution in [1.29, 1.82) is 0 Å². The lowest BCUT2D eigenvalue weighted by atomic mass is 9.79. The number of nitrogens with one attached hydrogen (secondary N) is 1. The van der Waals surface area contributed by atoms with Gasteiger partial charge >= 0.3 is 11.9 Å². The van der Waals surface area contributed by atoms with Gasteiger partial charge < -0.3 is 15.2 Å². The van der Waals surface area contributed by atoms with Crippen LogP contribution in [0.25, 0.3) is 0 Å². The van der Waals surface area contributed by atoms with Crippen LogP contribution in [0.2, 0.25) is 0 Å². The summed E-state index contributed by atoms with van der Waals surface area (Å²) in [6, 6.07) is 8.80. The lowest BCUT2D eigenvalue weighted by molar-refractivity contribution is -0.146. The molecule has 0 aromatic heterocycles. The number of hydrogen-bond donors (Lipinski definition) is 2. The zero-order valence-electron chi connectivity index (χ0n) is 16.7. The molecule has 3 fully saturated rings. The number of carboxylic acid groups (broad SMARTS) is 1. The molecule has 6 atom stereocenters. The van der Waals surface area contributed by atoms with Crippen LogP contribution in [0, 0.1) is 23.7 Å². The molecule has 5 heteroatoms. The molecule has 5 nitrogen and oxygen atoms in total. The molecule has 1 aromatic carbocycles. The molecule has 0 unspecified atom stereocenters. The van der Waals surface area contributed by atoms with Gasteiger partial charge in [0.2, 0.25) is 0 Å². The molecule has 2 saturated carbocycles. The molecule has 1 aliphatic heterocycles. The number of rotatable bonds is 6. The quantitative estimate of drug-likeness (QED) is 0.571. The maximum Gasteiger partial charge on any atom is 0.321 e. The van der Waals surface area contributed by atoms with Gasteiger partial charge in [-0.15, -0.1) is 0 Å². The van der Waals surface area contributed by atoms with Crippen molar-refractivity contribution in [1.82, 2.24) is 5.32 Å². The number of esters is 1. The van der Waals surface area contributed by atoms with Gasteiger partial charge in [0.1, 0.15) is 12.1 Å². The molecule has 0 radical (unpaired) electrons. The lowest BCUT2D eigenvalue weighted by Gasteiger charge is -2.27. The highest BCUT2D eigenvalue weighted by atomic mass is 16.6. The number of carboxylic acids is 1. The van der Waals surface area contributed by atoms with E-state index in [9.17, 15) is 14.7 Å². The number of hydrogen-bond acceptors (Lipinski definition) is 4. The summed E-state index contributed by atoms with van der Waals surface area (Å²) in [5.74, 6) is -0.816. The topological polar surface area (TPSA) is 75.6 Å². The highest BCUT2D eigenvalue weighted by Crippen LogP contribution is 2.52. The number of ether oxygens (including phenoxy) is 1. The number of aliphatic carboxylic acids is 1. The maximum absolute atomic E-state index is 12.7. The van der Waals surface area contributed by atoms with Crippen molar-refractivity contribution in [2.45, 2.75) is 44.2 Å². The van der Waals surface area contributed by atoms with E-state index in [1.54, 1.807) is 0 Å². The lowest BCUT2D eigenvalue weighted by Crippen LogP contribution is -2.43. The molecular formula is C24H29NO4. The predicted molar refractivity (Wildman–Crippen MR) is 110 cm³/mol. The Bertz CT molecular complexity index is 817. The Morgan fingerprint density at radius 2 is 1.90 bits per heavy atom. The smallest absolute Gasteiger partial charge is 0.321 e. The van der Waals surface area contributed by atoms with Crippen molar-refractivity contribution in [3.05, 3.63) is 60.2 Å². The average molecular weight is 395 g/mol. The van der Waals surface area contributed by atoms with E-state index in [1.165, 1.54) is 11.1 Å². The highest BCUT2D eigenvalue weighted by molar-refractivity contribution is 5.77. The molecule has 1 saturated heterocycles. The second-order valence-electron chi connectivity index (χ2n) is 8.69. The van der Waals surface area contributed by atoms with Gasteiger partial charge in [0, 0.05) is 18.4 Å². The first-order valence-electron chi connectivity index (χ1n) is 10.5. The van der Waals surface area contributed by atoms with Gasteiger partial charge in [-0.25, -0.2) is 0 Å². The minimum absolute atomic E-state index is 0.0859. The van der Waals surface area contributed by atoms with Crippen LogP contribution in [0.3, 0.4) is 0 Å². The minimum Gasteiger partial charge on any atom is -0.480 e.